The Balaban J connectivity index is 1.72. The van der Waals surface area contributed by atoms with Gasteiger partial charge in [-0.15, -0.1) is 0 Å². The Morgan fingerprint density at radius 2 is 2.11 bits per heavy atom. The summed E-state index contributed by atoms with van der Waals surface area (Å²) in [5.74, 6) is -0.137. The summed E-state index contributed by atoms with van der Waals surface area (Å²) >= 11 is 0. The highest BCUT2D eigenvalue weighted by Crippen LogP contribution is 2.15. The van der Waals surface area contributed by atoms with Gasteiger partial charge in [-0.05, 0) is 19.8 Å². The zero-order valence-corrected chi connectivity index (χ0v) is 11.4. The van der Waals surface area contributed by atoms with Crippen molar-refractivity contribution in [3.05, 3.63) is 0 Å². The minimum atomic E-state index is -0.137. The highest BCUT2D eigenvalue weighted by Gasteiger charge is 2.27. The van der Waals surface area contributed by atoms with Crippen LogP contribution in [0.5, 0.6) is 0 Å². The molecule has 0 aromatic carbocycles. The fourth-order valence-corrected chi connectivity index (χ4v) is 2.73. The first-order valence-corrected chi connectivity index (χ1v) is 6.86. The van der Waals surface area contributed by atoms with Crippen LogP contribution in [0, 0.1) is 0 Å². The highest BCUT2D eigenvalue weighted by atomic mass is 16.5. The summed E-state index contributed by atoms with van der Waals surface area (Å²) in [6.45, 7) is 7.78. The van der Waals surface area contributed by atoms with Crippen LogP contribution in [-0.2, 0) is 14.3 Å². The van der Waals surface area contributed by atoms with Gasteiger partial charge in [0.05, 0.1) is 13.2 Å². The van der Waals surface area contributed by atoms with Crippen molar-refractivity contribution >= 4 is 5.97 Å². The molecule has 2 saturated heterocycles. The first kappa shape index (κ1) is 13.8. The zero-order valence-electron chi connectivity index (χ0n) is 11.4. The summed E-state index contributed by atoms with van der Waals surface area (Å²) in [6.07, 6.45) is 2.82. The first-order valence-electron chi connectivity index (χ1n) is 6.86. The van der Waals surface area contributed by atoms with E-state index in [1.165, 1.54) is 20.0 Å². The van der Waals surface area contributed by atoms with Crippen molar-refractivity contribution in [1.29, 1.82) is 0 Å². The van der Waals surface area contributed by atoms with E-state index in [2.05, 4.69) is 9.80 Å². The Kier molecular flexibility index (Phi) is 4.97. The van der Waals surface area contributed by atoms with Crippen LogP contribution in [0.15, 0.2) is 0 Å². The van der Waals surface area contributed by atoms with Crippen LogP contribution in [0.3, 0.4) is 0 Å². The summed E-state index contributed by atoms with van der Waals surface area (Å²) in [6, 6.07) is -0.125. The number of esters is 1. The van der Waals surface area contributed by atoms with Crippen molar-refractivity contribution in [2.24, 2.45) is 0 Å². The van der Waals surface area contributed by atoms with Crippen molar-refractivity contribution < 1.29 is 14.3 Å². The number of methoxy groups -OCH3 is 1. The van der Waals surface area contributed by atoms with Crippen molar-refractivity contribution in [3.63, 3.8) is 0 Å². The SMILES string of the molecule is COC(=O)C(C)N1CCN(CC2CCCO2)CC1. The third-order valence-corrected chi connectivity index (χ3v) is 3.98. The molecule has 0 bridgehead atoms. The van der Waals surface area contributed by atoms with Crippen LogP contribution in [0.1, 0.15) is 19.8 Å². The molecule has 0 aliphatic carbocycles. The molecule has 5 nitrogen and oxygen atoms in total. The van der Waals surface area contributed by atoms with Gasteiger partial charge in [-0.1, -0.05) is 0 Å². The molecule has 2 fully saturated rings. The number of hydrogen-bond acceptors (Lipinski definition) is 5. The van der Waals surface area contributed by atoms with Gasteiger partial charge in [-0.2, -0.15) is 0 Å². The number of carbonyl (C=O) groups excluding carboxylic acids is 1. The van der Waals surface area contributed by atoms with E-state index in [0.717, 1.165) is 39.3 Å². The maximum atomic E-state index is 11.5. The molecule has 0 N–H and O–H groups in total. The molecule has 104 valence electrons. The maximum absolute atomic E-state index is 11.5. The van der Waals surface area contributed by atoms with E-state index < -0.39 is 0 Å². The molecule has 2 unspecified atom stereocenters. The number of rotatable bonds is 4. The quantitative estimate of drug-likeness (QED) is 0.679. The smallest absolute Gasteiger partial charge is 0.322 e. The molecule has 18 heavy (non-hydrogen) atoms. The second-order valence-corrected chi connectivity index (χ2v) is 5.17. The van der Waals surface area contributed by atoms with Gasteiger partial charge < -0.3 is 9.47 Å². The van der Waals surface area contributed by atoms with Gasteiger partial charge in [0.2, 0.25) is 0 Å². The van der Waals surface area contributed by atoms with Crippen molar-refractivity contribution in [2.45, 2.75) is 31.9 Å². The van der Waals surface area contributed by atoms with Crippen molar-refractivity contribution in [3.8, 4) is 0 Å². The predicted octanol–water partition coefficient (Wildman–Crippen LogP) is 0.345. The largest absolute Gasteiger partial charge is 0.468 e. The van der Waals surface area contributed by atoms with E-state index in [1.54, 1.807) is 0 Å². The van der Waals surface area contributed by atoms with Crippen molar-refractivity contribution in [2.75, 3.05) is 46.4 Å². The van der Waals surface area contributed by atoms with E-state index in [1.807, 2.05) is 6.92 Å². The van der Waals surface area contributed by atoms with Gasteiger partial charge in [-0.25, -0.2) is 0 Å². The van der Waals surface area contributed by atoms with Crippen LogP contribution >= 0.6 is 0 Å². The van der Waals surface area contributed by atoms with Crippen LogP contribution < -0.4 is 0 Å². The molecule has 0 amide bonds. The molecular formula is C13H24N2O3. The normalized spacial score (nSPS) is 28.2. The van der Waals surface area contributed by atoms with Gasteiger partial charge in [0.1, 0.15) is 6.04 Å². The fourth-order valence-electron chi connectivity index (χ4n) is 2.73. The molecule has 2 aliphatic heterocycles. The van der Waals surface area contributed by atoms with Crippen molar-refractivity contribution in [1.82, 2.24) is 9.80 Å². The lowest BCUT2D eigenvalue weighted by molar-refractivity contribution is -0.147. The Bertz CT molecular complexity index is 271. The van der Waals surface area contributed by atoms with Gasteiger partial charge in [0.15, 0.2) is 0 Å². The van der Waals surface area contributed by atoms with Crippen LogP contribution in [0.25, 0.3) is 0 Å². The Labute approximate surface area is 109 Å². The predicted molar refractivity (Wildman–Crippen MR) is 68.5 cm³/mol. The van der Waals surface area contributed by atoms with Gasteiger partial charge in [0, 0.05) is 39.3 Å². The molecule has 0 spiro atoms. The molecular weight excluding hydrogens is 232 g/mol. The Hall–Kier alpha value is -0.650. The molecule has 0 saturated carbocycles. The van der Waals surface area contributed by atoms with Crippen LogP contribution in [0.4, 0.5) is 0 Å². The second kappa shape index (κ2) is 6.50. The molecule has 0 aromatic rings. The van der Waals surface area contributed by atoms with E-state index in [-0.39, 0.29) is 12.0 Å². The summed E-state index contributed by atoms with van der Waals surface area (Å²) in [4.78, 5) is 16.1. The summed E-state index contributed by atoms with van der Waals surface area (Å²) in [7, 11) is 1.45. The third-order valence-electron chi connectivity index (χ3n) is 3.98. The van der Waals surface area contributed by atoms with Crippen LogP contribution in [0.2, 0.25) is 0 Å². The summed E-state index contributed by atoms with van der Waals surface area (Å²) < 4.78 is 10.4. The number of nitrogens with zero attached hydrogens (tertiary/aromatic N) is 2. The topological polar surface area (TPSA) is 42.0 Å². The Morgan fingerprint density at radius 1 is 1.39 bits per heavy atom. The molecule has 2 atom stereocenters. The minimum absolute atomic E-state index is 0.125. The third kappa shape index (κ3) is 3.43. The lowest BCUT2D eigenvalue weighted by atomic mass is 10.2. The van der Waals surface area contributed by atoms with Crippen LogP contribution in [-0.4, -0.2) is 74.4 Å². The van der Waals surface area contributed by atoms with E-state index >= 15 is 0 Å². The molecule has 0 radical (unpaired) electrons. The highest BCUT2D eigenvalue weighted by molar-refractivity contribution is 5.75. The number of carbonyl (C=O) groups is 1. The molecule has 5 heteroatoms. The summed E-state index contributed by atoms with van der Waals surface area (Å²) in [5, 5.41) is 0. The van der Waals surface area contributed by atoms with Gasteiger partial charge in [0.25, 0.3) is 0 Å². The molecule has 2 rings (SSSR count). The molecule has 2 heterocycles. The average Bonchev–Trinajstić information content (AvgIpc) is 2.91. The van der Waals surface area contributed by atoms with Gasteiger partial charge in [-0.3, -0.25) is 14.6 Å². The maximum Gasteiger partial charge on any atom is 0.322 e. The Morgan fingerprint density at radius 3 is 2.67 bits per heavy atom. The number of ether oxygens (including phenoxy) is 2. The first-order chi connectivity index (χ1) is 8.70. The standard InChI is InChI=1S/C13H24N2O3/c1-11(13(16)17-2)15-7-5-14(6-8-15)10-12-4-3-9-18-12/h11-12H,3-10H2,1-2H3. The number of piperazine rings is 1. The molecule has 2 aliphatic rings. The fraction of sp³-hybridized carbons (Fsp3) is 0.923. The average molecular weight is 256 g/mol. The van der Waals surface area contributed by atoms with E-state index in [0.29, 0.717) is 6.10 Å². The second-order valence-electron chi connectivity index (χ2n) is 5.17. The lowest BCUT2D eigenvalue weighted by Crippen LogP contribution is -2.53. The minimum Gasteiger partial charge on any atom is -0.468 e. The summed E-state index contributed by atoms with van der Waals surface area (Å²) in [5.41, 5.74) is 0. The van der Waals surface area contributed by atoms with E-state index in [4.69, 9.17) is 9.47 Å². The lowest BCUT2D eigenvalue weighted by Gasteiger charge is -2.37. The monoisotopic (exact) mass is 256 g/mol. The number of hydrogen-bond donors (Lipinski definition) is 0. The zero-order chi connectivity index (χ0) is 13.0. The molecule has 0 aromatic heterocycles. The van der Waals surface area contributed by atoms with Gasteiger partial charge >= 0.3 is 5.97 Å². The van der Waals surface area contributed by atoms with E-state index in [9.17, 15) is 4.79 Å².